The van der Waals surface area contributed by atoms with Crippen LogP contribution in [0.5, 0.6) is 0 Å². The van der Waals surface area contributed by atoms with E-state index in [-0.39, 0.29) is 30.4 Å². The van der Waals surface area contributed by atoms with Crippen molar-refractivity contribution in [2.45, 2.75) is 38.3 Å². The number of nitrogens with zero attached hydrogens (tertiary/aromatic N) is 1. The van der Waals surface area contributed by atoms with Crippen LogP contribution in [0.15, 0.2) is 24.3 Å². The Morgan fingerprint density at radius 2 is 1.76 bits per heavy atom. The zero-order valence-corrected chi connectivity index (χ0v) is 13.6. The second-order valence-corrected chi connectivity index (χ2v) is 5.71. The van der Waals surface area contributed by atoms with Crippen LogP contribution in [0.2, 0.25) is 0 Å². The molecule has 0 saturated heterocycles. The molecular formula is C17H18N2O6. The minimum absolute atomic E-state index is 0.0718. The number of nitrogens with one attached hydrogen (secondary N) is 1. The van der Waals surface area contributed by atoms with E-state index in [9.17, 15) is 24.0 Å². The van der Waals surface area contributed by atoms with Gasteiger partial charge in [0.05, 0.1) is 11.1 Å². The third kappa shape index (κ3) is 3.73. The first-order chi connectivity index (χ1) is 11.9. The van der Waals surface area contributed by atoms with Gasteiger partial charge in [0.25, 0.3) is 11.8 Å². The molecule has 0 spiro atoms. The fourth-order valence-corrected chi connectivity index (χ4v) is 2.63. The van der Waals surface area contributed by atoms with Crippen LogP contribution in [-0.2, 0) is 14.4 Å². The molecule has 2 atom stereocenters. The van der Waals surface area contributed by atoms with Crippen LogP contribution in [0.4, 0.5) is 0 Å². The number of carbonyl (C=O) groups excluding carboxylic acids is 4. The molecule has 3 amide bonds. The zero-order valence-electron chi connectivity index (χ0n) is 13.6. The Morgan fingerprint density at radius 3 is 2.24 bits per heavy atom. The lowest BCUT2D eigenvalue weighted by atomic mass is 10.1. The van der Waals surface area contributed by atoms with E-state index >= 15 is 0 Å². The van der Waals surface area contributed by atoms with Gasteiger partial charge in [-0.3, -0.25) is 24.1 Å². The molecular weight excluding hydrogens is 328 g/mol. The number of amides is 3. The van der Waals surface area contributed by atoms with Gasteiger partial charge in [0.15, 0.2) is 0 Å². The van der Waals surface area contributed by atoms with Gasteiger partial charge >= 0.3 is 5.97 Å². The normalized spacial score (nSPS) is 15.5. The quantitative estimate of drug-likeness (QED) is 0.404. The molecule has 25 heavy (non-hydrogen) atoms. The van der Waals surface area contributed by atoms with Gasteiger partial charge in [-0.15, -0.1) is 0 Å². The van der Waals surface area contributed by atoms with E-state index in [4.69, 9.17) is 5.11 Å². The van der Waals surface area contributed by atoms with E-state index in [0.29, 0.717) is 6.29 Å². The lowest BCUT2D eigenvalue weighted by molar-refractivity contribution is -0.141. The molecule has 0 unspecified atom stereocenters. The van der Waals surface area contributed by atoms with Crippen molar-refractivity contribution in [3.8, 4) is 0 Å². The number of carboxylic acids is 1. The van der Waals surface area contributed by atoms with Crippen molar-refractivity contribution < 1.29 is 29.1 Å². The molecule has 1 heterocycles. The lowest BCUT2D eigenvalue weighted by Crippen LogP contribution is -2.52. The number of hydrogen-bond donors (Lipinski definition) is 2. The molecule has 1 aliphatic rings. The summed E-state index contributed by atoms with van der Waals surface area (Å²) in [5.41, 5.74) is 0.402. The highest BCUT2D eigenvalue weighted by Gasteiger charge is 2.42. The number of imide groups is 1. The van der Waals surface area contributed by atoms with E-state index in [1.165, 1.54) is 19.1 Å². The standard InChI is InChI=1S/C17H18N2O6/c1-10(17(24)25)18-14(21)13(8-4-5-9-20)19-15(22)11-6-2-3-7-12(11)16(19)23/h2-3,6-7,9-10,13H,4-5,8H2,1H3,(H,18,21)(H,24,25)/t10-,13-/m0/s1. The van der Waals surface area contributed by atoms with Crippen LogP contribution in [0.25, 0.3) is 0 Å². The lowest BCUT2D eigenvalue weighted by Gasteiger charge is -2.26. The molecule has 0 saturated carbocycles. The third-order valence-electron chi connectivity index (χ3n) is 3.97. The maximum Gasteiger partial charge on any atom is 0.325 e. The van der Waals surface area contributed by atoms with Gasteiger partial charge in [0.1, 0.15) is 18.4 Å². The van der Waals surface area contributed by atoms with Crippen LogP contribution < -0.4 is 5.32 Å². The number of fused-ring (bicyclic) bond motifs is 1. The van der Waals surface area contributed by atoms with Gasteiger partial charge in [-0.25, -0.2) is 0 Å². The minimum Gasteiger partial charge on any atom is -0.480 e. The molecule has 0 aliphatic carbocycles. The Hall–Kier alpha value is -3.03. The van der Waals surface area contributed by atoms with Gasteiger partial charge in [0, 0.05) is 6.42 Å². The zero-order chi connectivity index (χ0) is 18.6. The maximum atomic E-state index is 12.5. The molecule has 0 bridgehead atoms. The molecule has 1 aromatic rings. The van der Waals surface area contributed by atoms with Crippen molar-refractivity contribution in [1.82, 2.24) is 10.2 Å². The van der Waals surface area contributed by atoms with Crippen LogP contribution in [0.1, 0.15) is 46.9 Å². The van der Waals surface area contributed by atoms with Gasteiger partial charge in [-0.05, 0) is 31.9 Å². The van der Waals surface area contributed by atoms with Crippen molar-refractivity contribution in [3.05, 3.63) is 35.4 Å². The van der Waals surface area contributed by atoms with E-state index < -0.39 is 35.8 Å². The summed E-state index contributed by atoms with van der Waals surface area (Å²) in [6.45, 7) is 1.28. The van der Waals surface area contributed by atoms with Gasteiger partial charge < -0.3 is 15.2 Å². The number of hydrogen-bond acceptors (Lipinski definition) is 5. The largest absolute Gasteiger partial charge is 0.480 e. The first-order valence-electron chi connectivity index (χ1n) is 7.82. The van der Waals surface area contributed by atoms with Crippen LogP contribution in [0.3, 0.4) is 0 Å². The smallest absolute Gasteiger partial charge is 0.325 e. The van der Waals surface area contributed by atoms with E-state index in [1.54, 1.807) is 12.1 Å². The molecule has 0 aromatic heterocycles. The summed E-state index contributed by atoms with van der Waals surface area (Å²) in [7, 11) is 0. The predicted octanol–water partition coefficient (Wildman–Crippen LogP) is 0.610. The van der Waals surface area contributed by atoms with E-state index in [1.807, 2.05) is 0 Å². The Kier molecular flexibility index (Phi) is 5.63. The van der Waals surface area contributed by atoms with Gasteiger partial charge in [0.2, 0.25) is 5.91 Å². The number of unbranched alkanes of at least 4 members (excludes halogenated alkanes) is 1. The Morgan fingerprint density at radius 1 is 1.20 bits per heavy atom. The molecule has 8 nitrogen and oxygen atoms in total. The summed E-state index contributed by atoms with van der Waals surface area (Å²) in [5, 5.41) is 11.2. The second-order valence-electron chi connectivity index (χ2n) is 5.71. The van der Waals surface area contributed by atoms with Crippen molar-refractivity contribution >= 4 is 30.0 Å². The van der Waals surface area contributed by atoms with Crippen LogP contribution in [-0.4, -0.2) is 52.1 Å². The average Bonchev–Trinajstić information content (AvgIpc) is 2.83. The Labute approximate surface area is 143 Å². The van der Waals surface area contributed by atoms with Crippen molar-refractivity contribution in [2.24, 2.45) is 0 Å². The molecule has 132 valence electrons. The SMILES string of the molecule is C[C@H](NC(=O)[C@H](CCCC=O)N1C(=O)c2ccccc2C1=O)C(=O)O. The highest BCUT2D eigenvalue weighted by atomic mass is 16.4. The molecule has 0 radical (unpaired) electrons. The number of carboxylic acid groups (broad SMARTS) is 1. The number of rotatable bonds is 8. The van der Waals surface area contributed by atoms with Gasteiger partial charge in [-0.1, -0.05) is 12.1 Å². The summed E-state index contributed by atoms with van der Waals surface area (Å²) in [6, 6.07) is 3.87. The molecule has 0 fully saturated rings. The monoisotopic (exact) mass is 346 g/mol. The average molecular weight is 346 g/mol. The number of aliphatic carboxylic acids is 1. The van der Waals surface area contributed by atoms with Crippen LogP contribution >= 0.6 is 0 Å². The number of benzene rings is 1. The molecule has 1 aromatic carbocycles. The first-order valence-corrected chi connectivity index (χ1v) is 7.82. The van der Waals surface area contributed by atoms with E-state index in [0.717, 1.165) is 4.90 Å². The van der Waals surface area contributed by atoms with E-state index in [2.05, 4.69) is 5.32 Å². The van der Waals surface area contributed by atoms with Crippen molar-refractivity contribution in [3.63, 3.8) is 0 Å². The molecule has 2 rings (SSSR count). The maximum absolute atomic E-state index is 12.5. The van der Waals surface area contributed by atoms with Crippen molar-refractivity contribution in [2.75, 3.05) is 0 Å². The fourth-order valence-electron chi connectivity index (χ4n) is 2.63. The fraction of sp³-hybridized carbons (Fsp3) is 0.353. The topological polar surface area (TPSA) is 121 Å². The first kappa shape index (κ1) is 18.3. The molecule has 2 N–H and O–H groups in total. The van der Waals surface area contributed by atoms with Crippen LogP contribution in [0, 0.1) is 0 Å². The highest BCUT2D eigenvalue weighted by molar-refractivity contribution is 6.22. The predicted molar refractivity (Wildman–Crippen MR) is 85.9 cm³/mol. The Balaban J connectivity index is 2.28. The molecule has 8 heteroatoms. The number of carbonyl (C=O) groups is 5. The third-order valence-corrected chi connectivity index (χ3v) is 3.97. The summed E-state index contributed by atoms with van der Waals surface area (Å²) < 4.78 is 0. The summed E-state index contributed by atoms with van der Waals surface area (Å²) >= 11 is 0. The summed E-state index contributed by atoms with van der Waals surface area (Å²) in [4.78, 5) is 59.9. The number of aldehydes is 1. The summed E-state index contributed by atoms with van der Waals surface area (Å²) in [6.07, 6.45) is 1.21. The molecule has 1 aliphatic heterocycles. The highest BCUT2D eigenvalue weighted by Crippen LogP contribution is 2.26. The second kappa shape index (κ2) is 7.69. The van der Waals surface area contributed by atoms with Crippen molar-refractivity contribution in [1.29, 1.82) is 0 Å². The van der Waals surface area contributed by atoms with Gasteiger partial charge in [-0.2, -0.15) is 0 Å². The summed E-state index contributed by atoms with van der Waals surface area (Å²) in [5.74, 6) is -3.18. The Bertz CT molecular complexity index is 695. The minimum atomic E-state index is -1.23.